The van der Waals surface area contributed by atoms with Gasteiger partial charge in [0.25, 0.3) is 0 Å². The zero-order valence-corrected chi connectivity index (χ0v) is 11.4. The summed E-state index contributed by atoms with van der Waals surface area (Å²) < 4.78 is 0. The summed E-state index contributed by atoms with van der Waals surface area (Å²) in [5.41, 5.74) is 5.28. The normalized spacial score (nSPS) is 15.2. The first-order valence-corrected chi connectivity index (χ1v) is 6.35. The predicted molar refractivity (Wildman–Crippen MR) is 69.6 cm³/mol. The zero-order chi connectivity index (χ0) is 13.4. The second-order valence-electron chi connectivity index (χ2n) is 4.67. The van der Waals surface area contributed by atoms with Crippen molar-refractivity contribution >= 4 is 5.91 Å². The van der Waals surface area contributed by atoms with E-state index in [0.717, 1.165) is 13.1 Å². The summed E-state index contributed by atoms with van der Waals surface area (Å²) in [7, 11) is 0. The number of primary amides is 1. The quantitative estimate of drug-likeness (QED) is 0.525. The Kier molecular flexibility index (Phi) is 8.12. The van der Waals surface area contributed by atoms with Crippen LogP contribution in [0.4, 0.5) is 0 Å². The molecular weight excluding hydrogens is 218 g/mol. The maximum atomic E-state index is 11.2. The van der Waals surface area contributed by atoms with E-state index in [0.29, 0.717) is 13.1 Å². The van der Waals surface area contributed by atoms with E-state index < -0.39 is 6.10 Å². The number of hydrogen-bond donors (Lipinski definition) is 3. The number of nitrogens with one attached hydrogen (secondary N) is 1. The van der Waals surface area contributed by atoms with Gasteiger partial charge in [-0.25, -0.2) is 0 Å². The van der Waals surface area contributed by atoms with E-state index in [1.54, 1.807) is 0 Å². The molecule has 2 unspecified atom stereocenters. The Hall–Kier alpha value is -0.650. The van der Waals surface area contributed by atoms with E-state index in [1.165, 1.54) is 0 Å². The van der Waals surface area contributed by atoms with E-state index >= 15 is 0 Å². The molecule has 0 heterocycles. The van der Waals surface area contributed by atoms with Gasteiger partial charge in [0.2, 0.25) is 5.91 Å². The largest absolute Gasteiger partial charge is 0.390 e. The molecule has 0 aromatic heterocycles. The monoisotopic (exact) mass is 245 g/mol. The first kappa shape index (κ1) is 16.4. The van der Waals surface area contributed by atoms with Gasteiger partial charge >= 0.3 is 0 Å². The molecule has 0 bridgehead atoms. The molecule has 5 nitrogen and oxygen atoms in total. The van der Waals surface area contributed by atoms with Gasteiger partial charge in [0.1, 0.15) is 0 Å². The molecule has 102 valence electrons. The highest BCUT2D eigenvalue weighted by Gasteiger charge is 2.20. The Labute approximate surface area is 104 Å². The van der Waals surface area contributed by atoms with Crippen LogP contribution in [0.5, 0.6) is 0 Å². The van der Waals surface area contributed by atoms with Crippen molar-refractivity contribution < 1.29 is 9.90 Å². The number of likely N-dealkylation sites (N-methyl/N-ethyl adjacent to an activating group) is 1. The average Bonchev–Trinajstić information content (AvgIpc) is 2.25. The molecule has 0 rings (SSSR count). The number of rotatable bonds is 9. The minimum absolute atomic E-state index is 0.133. The van der Waals surface area contributed by atoms with Crippen LogP contribution in [0.1, 0.15) is 27.7 Å². The van der Waals surface area contributed by atoms with Crippen LogP contribution >= 0.6 is 0 Å². The molecule has 0 aromatic rings. The summed E-state index contributed by atoms with van der Waals surface area (Å²) in [5.74, 6) is -0.233. The van der Waals surface area contributed by atoms with Crippen molar-refractivity contribution in [3.05, 3.63) is 0 Å². The van der Waals surface area contributed by atoms with Crippen LogP contribution in [-0.4, -0.2) is 54.2 Å². The second kappa shape index (κ2) is 8.44. The number of carbonyl (C=O) groups excluding carboxylic acids is 1. The van der Waals surface area contributed by atoms with Crippen molar-refractivity contribution in [2.24, 2.45) is 11.7 Å². The molecule has 0 aliphatic carbocycles. The molecule has 0 radical (unpaired) electrons. The van der Waals surface area contributed by atoms with Crippen LogP contribution in [0.15, 0.2) is 0 Å². The van der Waals surface area contributed by atoms with Gasteiger partial charge in [-0.3, -0.25) is 4.79 Å². The van der Waals surface area contributed by atoms with Crippen molar-refractivity contribution in [1.29, 1.82) is 0 Å². The SMILES string of the molecule is CCN(CC)CC(O)CNC(C(N)=O)C(C)C. The van der Waals surface area contributed by atoms with Crippen LogP contribution < -0.4 is 11.1 Å². The number of nitrogens with two attached hydrogens (primary N) is 1. The number of carbonyl (C=O) groups is 1. The van der Waals surface area contributed by atoms with Crippen molar-refractivity contribution in [2.45, 2.75) is 39.8 Å². The fourth-order valence-corrected chi connectivity index (χ4v) is 1.77. The molecule has 17 heavy (non-hydrogen) atoms. The Morgan fingerprint density at radius 1 is 1.35 bits per heavy atom. The summed E-state index contributed by atoms with van der Waals surface area (Å²) >= 11 is 0. The minimum atomic E-state index is -0.476. The molecule has 0 aromatic carbocycles. The standard InChI is InChI=1S/C12H27N3O2/c1-5-15(6-2)8-10(16)7-14-11(9(3)4)12(13)17/h9-11,14,16H,5-8H2,1-4H3,(H2,13,17). The molecular formula is C12H27N3O2. The summed E-state index contributed by atoms with van der Waals surface area (Å²) in [6.45, 7) is 10.8. The maximum absolute atomic E-state index is 11.2. The third-order valence-electron chi connectivity index (χ3n) is 2.91. The van der Waals surface area contributed by atoms with Crippen molar-refractivity contribution in [1.82, 2.24) is 10.2 Å². The van der Waals surface area contributed by atoms with Gasteiger partial charge < -0.3 is 21.1 Å². The third kappa shape index (κ3) is 6.61. The van der Waals surface area contributed by atoms with Crippen molar-refractivity contribution in [3.63, 3.8) is 0 Å². The molecule has 0 fully saturated rings. The summed E-state index contributed by atoms with van der Waals surface area (Å²) in [5, 5.41) is 12.9. The Bertz CT molecular complexity index is 218. The fourth-order valence-electron chi connectivity index (χ4n) is 1.77. The predicted octanol–water partition coefficient (Wildman–Crippen LogP) is -0.211. The van der Waals surface area contributed by atoms with E-state index in [2.05, 4.69) is 24.1 Å². The topological polar surface area (TPSA) is 78.6 Å². The van der Waals surface area contributed by atoms with Gasteiger partial charge in [-0.05, 0) is 19.0 Å². The highest BCUT2D eigenvalue weighted by atomic mass is 16.3. The molecule has 0 saturated carbocycles. The van der Waals surface area contributed by atoms with Crippen molar-refractivity contribution in [3.8, 4) is 0 Å². The number of hydrogen-bond acceptors (Lipinski definition) is 4. The average molecular weight is 245 g/mol. The van der Waals surface area contributed by atoms with Gasteiger partial charge in [-0.2, -0.15) is 0 Å². The third-order valence-corrected chi connectivity index (χ3v) is 2.91. The highest BCUT2D eigenvalue weighted by Crippen LogP contribution is 2.01. The van der Waals surface area contributed by atoms with Gasteiger partial charge in [-0.1, -0.05) is 27.7 Å². The van der Waals surface area contributed by atoms with Crippen LogP contribution in [0.25, 0.3) is 0 Å². The van der Waals surface area contributed by atoms with E-state index in [-0.39, 0.29) is 17.9 Å². The fraction of sp³-hybridized carbons (Fsp3) is 0.917. The minimum Gasteiger partial charge on any atom is -0.390 e. The van der Waals surface area contributed by atoms with Crippen LogP contribution in [0.2, 0.25) is 0 Å². The molecule has 4 N–H and O–H groups in total. The summed E-state index contributed by atoms with van der Waals surface area (Å²) in [4.78, 5) is 13.3. The Morgan fingerprint density at radius 2 is 1.88 bits per heavy atom. The summed E-state index contributed by atoms with van der Waals surface area (Å²) in [6, 6.07) is -0.374. The van der Waals surface area contributed by atoms with Crippen molar-refractivity contribution in [2.75, 3.05) is 26.2 Å². The number of amides is 1. The lowest BCUT2D eigenvalue weighted by molar-refractivity contribution is -0.121. The molecule has 0 saturated heterocycles. The second-order valence-corrected chi connectivity index (χ2v) is 4.67. The molecule has 0 aliphatic heterocycles. The molecule has 0 aliphatic rings. The smallest absolute Gasteiger partial charge is 0.234 e. The van der Waals surface area contributed by atoms with Crippen LogP contribution in [-0.2, 0) is 4.79 Å². The number of nitrogens with zero attached hydrogens (tertiary/aromatic N) is 1. The van der Waals surface area contributed by atoms with E-state index in [9.17, 15) is 9.90 Å². The van der Waals surface area contributed by atoms with Crippen LogP contribution in [0.3, 0.4) is 0 Å². The number of aliphatic hydroxyl groups is 1. The highest BCUT2D eigenvalue weighted by molar-refractivity contribution is 5.80. The molecule has 1 amide bonds. The molecule has 0 spiro atoms. The lowest BCUT2D eigenvalue weighted by Gasteiger charge is -2.24. The van der Waals surface area contributed by atoms with E-state index in [4.69, 9.17) is 5.73 Å². The zero-order valence-electron chi connectivity index (χ0n) is 11.4. The van der Waals surface area contributed by atoms with E-state index in [1.807, 2.05) is 13.8 Å². The van der Waals surface area contributed by atoms with Crippen LogP contribution in [0, 0.1) is 5.92 Å². The Morgan fingerprint density at radius 3 is 2.24 bits per heavy atom. The molecule has 5 heteroatoms. The van der Waals surface area contributed by atoms with Gasteiger partial charge in [0.05, 0.1) is 12.1 Å². The number of aliphatic hydroxyl groups excluding tert-OH is 1. The van der Waals surface area contributed by atoms with Gasteiger partial charge in [0, 0.05) is 13.1 Å². The molecule has 2 atom stereocenters. The first-order valence-electron chi connectivity index (χ1n) is 6.35. The van der Waals surface area contributed by atoms with Gasteiger partial charge in [-0.15, -0.1) is 0 Å². The lowest BCUT2D eigenvalue weighted by atomic mass is 10.0. The van der Waals surface area contributed by atoms with Gasteiger partial charge in [0.15, 0.2) is 0 Å². The maximum Gasteiger partial charge on any atom is 0.234 e. The lowest BCUT2D eigenvalue weighted by Crippen LogP contribution is -2.49. The summed E-state index contributed by atoms with van der Waals surface area (Å²) in [6.07, 6.45) is -0.476. The first-order chi connectivity index (χ1) is 7.92. The Balaban J connectivity index is 4.04.